The quantitative estimate of drug-likeness (QED) is 0.587. The summed E-state index contributed by atoms with van der Waals surface area (Å²) in [5.41, 5.74) is 0. The molecule has 0 aliphatic carbocycles. The fourth-order valence-corrected chi connectivity index (χ4v) is 2.26. The van der Waals surface area contributed by atoms with E-state index >= 15 is 0 Å². The van der Waals surface area contributed by atoms with E-state index in [1.165, 1.54) is 12.1 Å². The monoisotopic (exact) mass is 288 g/mol. The zero-order valence-corrected chi connectivity index (χ0v) is 11.3. The number of rotatable bonds is 7. The van der Waals surface area contributed by atoms with Crippen LogP contribution < -0.4 is 0 Å². The first kappa shape index (κ1) is 15.6. The zero-order chi connectivity index (χ0) is 14.3. The Morgan fingerprint density at radius 3 is 2.53 bits per heavy atom. The summed E-state index contributed by atoms with van der Waals surface area (Å²) in [5, 5.41) is 9.47. The molecule has 1 aromatic rings. The van der Waals surface area contributed by atoms with Crippen LogP contribution in [0.1, 0.15) is 13.3 Å². The second-order valence-electron chi connectivity index (χ2n) is 3.71. The molecule has 0 amide bonds. The van der Waals surface area contributed by atoms with Crippen LogP contribution in [0.3, 0.4) is 0 Å². The van der Waals surface area contributed by atoms with Crippen molar-refractivity contribution in [1.82, 2.24) is 0 Å². The van der Waals surface area contributed by atoms with E-state index in [0.29, 0.717) is 0 Å². The molecule has 0 bridgehead atoms. The third kappa shape index (κ3) is 5.37. The van der Waals surface area contributed by atoms with Gasteiger partial charge in [0.05, 0.1) is 30.6 Å². The van der Waals surface area contributed by atoms with Crippen LogP contribution in [0.5, 0.6) is 0 Å². The highest BCUT2D eigenvalue weighted by atomic mass is 32.2. The maximum absolute atomic E-state index is 11.7. The zero-order valence-electron chi connectivity index (χ0n) is 10.5. The lowest BCUT2D eigenvalue weighted by atomic mass is 10.3. The number of esters is 1. The van der Waals surface area contributed by atoms with E-state index in [4.69, 9.17) is 0 Å². The van der Waals surface area contributed by atoms with E-state index in [-0.39, 0.29) is 17.9 Å². The van der Waals surface area contributed by atoms with Crippen molar-refractivity contribution in [3.8, 4) is 0 Å². The summed E-state index contributed by atoms with van der Waals surface area (Å²) >= 11 is 0. The fraction of sp³-hybridized carbons (Fsp3) is 0.417. The maximum atomic E-state index is 11.7. The molecule has 6 nitrogen and oxygen atoms in total. The number of carbonyl (C=O) groups is 1. The van der Waals surface area contributed by atoms with Gasteiger partial charge in [0.25, 0.3) is 10.1 Å². The Balaban J connectivity index is 2.50. The molecule has 0 radical (unpaired) electrons. The van der Waals surface area contributed by atoms with Crippen molar-refractivity contribution in [2.24, 2.45) is 0 Å². The SMILES string of the molecule is CCOC(=O)CC(O)COS(=O)(=O)c1ccccc1. The molecule has 0 saturated carbocycles. The maximum Gasteiger partial charge on any atom is 0.308 e. The normalized spacial score (nSPS) is 12.9. The van der Waals surface area contributed by atoms with Gasteiger partial charge in [0, 0.05) is 0 Å². The Hall–Kier alpha value is -1.44. The first-order chi connectivity index (χ1) is 8.95. The molecule has 0 fully saturated rings. The van der Waals surface area contributed by atoms with Crippen LogP contribution in [0.25, 0.3) is 0 Å². The number of hydrogen-bond acceptors (Lipinski definition) is 6. The fourth-order valence-electron chi connectivity index (χ4n) is 1.29. The molecule has 1 rings (SSSR count). The molecule has 1 N–H and O–H groups in total. The lowest BCUT2D eigenvalue weighted by molar-refractivity contribution is -0.145. The van der Waals surface area contributed by atoms with E-state index in [9.17, 15) is 18.3 Å². The van der Waals surface area contributed by atoms with Gasteiger partial charge in [-0.05, 0) is 19.1 Å². The third-order valence-corrected chi connectivity index (χ3v) is 3.45. The van der Waals surface area contributed by atoms with E-state index in [0.717, 1.165) is 0 Å². The summed E-state index contributed by atoms with van der Waals surface area (Å²) in [4.78, 5) is 11.1. The topological polar surface area (TPSA) is 89.9 Å². The minimum atomic E-state index is -3.92. The third-order valence-electron chi connectivity index (χ3n) is 2.16. The molecule has 1 unspecified atom stereocenters. The second kappa shape index (κ2) is 7.22. The van der Waals surface area contributed by atoms with E-state index in [1.54, 1.807) is 25.1 Å². The largest absolute Gasteiger partial charge is 0.466 e. The molecule has 1 atom stereocenters. The van der Waals surface area contributed by atoms with Gasteiger partial charge in [0.1, 0.15) is 0 Å². The molecule has 1 aromatic carbocycles. The number of hydrogen-bond donors (Lipinski definition) is 1. The van der Waals surface area contributed by atoms with Gasteiger partial charge in [-0.25, -0.2) is 0 Å². The van der Waals surface area contributed by atoms with E-state index in [1.807, 2.05) is 0 Å². The van der Waals surface area contributed by atoms with Gasteiger partial charge in [0.15, 0.2) is 0 Å². The van der Waals surface area contributed by atoms with Crippen molar-refractivity contribution in [3.63, 3.8) is 0 Å². The average molecular weight is 288 g/mol. The predicted octanol–water partition coefficient (Wildman–Crippen LogP) is 0.706. The molecule has 19 heavy (non-hydrogen) atoms. The standard InChI is InChI=1S/C12H16O6S/c1-2-17-12(14)8-10(13)9-18-19(15,16)11-6-4-3-5-7-11/h3-7,10,13H,2,8-9H2,1H3. The molecule has 106 valence electrons. The van der Waals surface area contributed by atoms with Crippen LogP contribution >= 0.6 is 0 Å². The smallest absolute Gasteiger partial charge is 0.308 e. The minimum absolute atomic E-state index is 0.00154. The summed E-state index contributed by atoms with van der Waals surface area (Å²) in [7, 11) is -3.92. The molecule has 0 aliphatic heterocycles. The van der Waals surface area contributed by atoms with Crippen molar-refractivity contribution < 1.29 is 27.2 Å². The van der Waals surface area contributed by atoms with Crippen LogP contribution in [-0.2, 0) is 23.8 Å². The Labute approximate surface area is 112 Å². The van der Waals surface area contributed by atoms with Crippen molar-refractivity contribution in [1.29, 1.82) is 0 Å². The molecular weight excluding hydrogens is 272 g/mol. The average Bonchev–Trinajstić information content (AvgIpc) is 2.38. The van der Waals surface area contributed by atoms with Crippen LogP contribution in [0.15, 0.2) is 35.2 Å². The number of aliphatic hydroxyl groups is 1. The molecule has 0 heterocycles. The summed E-state index contributed by atoms with van der Waals surface area (Å²) in [6, 6.07) is 7.56. The highest BCUT2D eigenvalue weighted by Gasteiger charge is 2.19. The van der Waals surface area contributed by atoms with Crippen molar-refractivity contribution in [2.75, 3.05) is 13.2 Å². The molecule has 7 heteroatoms. The first-order valence-corrected chi connectivity index (χ1v) is 7.14. The van der Waals surface area contributed by atoms with Crippen LogP contribution in [0, 0.1) is 0 Å². The Bertz CT molecular complexity index is 496. The van der Waals surface area contributed by atoms with Crippen molar-refractivity contribution in [2.45, 2.75) is 24.3 Å². The molecule has 0 aliphatic rings. The lowest BCUT2D eigenvalue weighted by Crippen LogP contribution is -2.23. The van der Waals surface area contributed by atoms with Crippen LogP contribution in [0.2, 0.25) is 0 Å². The van der Waals surface area contributed by atoms with Gasteiger partial charge in [-0.15, -0.1) is 0 Å². The Kier molecular flexibility index (Phi) is 5.94. The van der Waals surface area contributed by atoms with Gasteiger partial charge in [-0.3, -0.25) is 8.98 Å². The first-order valence-electron chi connectivity index (χ1n) is 5.74. The highest BCUT2D eigenvalue weighted by molar-refractivity contribution is 7.86. The number of benzene rings is 1. The van der Waals surface area contributed by atoms with Crippen molar-refractivity contribution >= 4 is 16.1 Å². The summed E-state index contributed by atoms with van der Waals surface area (Å²) < 4.78 is 32.7. The molecule has 0 spiro atoms. The molecule has 0 aromatic heterocycles. The van der Waals surface area contributed by atoms with E-state index < -0.39 is 28.8 Å². The molecular formula is C12H16O6S. The van der Waals surface area contributed by atoms with Gasteiger partial charge >= 0.3 is 5.97 Å². The Morgan fingerprint density at radius 1 is 1.32 bits per heavy atom. The van der Waals surface area contributed by atoms with Gasteiger partial charge < -0.3 is 9.84 Å². The van der Waals surface area contributed by atoms with Crippen molar-refractivity contribution in [3.05, 3.63) is 30.3 Å². The number of ether oxygens (including phenoxy) is 1. The number of aliphatic hydroxyl groups excluding tert-OH is 1. The highest BCUT2D eigenvalue weighted by Crippen LogP contribution is 2.12. The van der Waals surface area contributed by atoms with Crippen LogP contribution in [0.4, 0.5) is 0 Å². The van der Waals surface area contributed by atoms with Gasteiger partial charge in [-0.1, -0.05) is 18.2 Å². The molecule has 0 saturated heterocycles. The van der Waals surface area contributed by atoms with Crippen LogP contribution in [-0.4, -0.2) is 38.8 Å². The number of carbonyl (C=O) groups excluding carboxylic acids is 1. The van der Waals surface area contributed by atoms with Gasteiger partial charge in [0.2, 0.25) is 0 Å². The predicted molar refractivity (Wildman–Crippen MR) is 66.8 cm³/mol. The minimum Gasteiger partial charge on any atom is -0.466 e. The summed E-state index contributed by atoms with van der Waals surface area (Å²) in [6.07, 6.45) is -1.53. The summed E-state index contributed by atoms with van der Waals surface area (Å²) in [6.45, 7) is 1.35. The lowest BCUT2D eigenvalue weighted by Gasteiger charge is -2.10. The second-order valence-corrected chi connectivity index (χ2v) is 5.33. The van der Waals surface area contributed by atoms with E-state index in [2.05, 4.69) is 8.92 Å². The summed E-state index contributed by atoms with van der Waals surface area (Å²) in [5.74, 6) is -0.601. The Morgan fingerprint density at radius 2 is 1.95 bits per heavy atom. The van der Waals surface area contributed by atoms with Gasteiger partial charge in [-0.2, -0.15) is 8.42 Å².